The number of piperidine rings is 3. The molecule has 1 unspecified atom stereocenters. The van der Waals surface area contributed by atoms with Gasteiger partial charge in [-0.3, -0.25) is 39.0 Å². The zero-order valence-electron chi connectivity index (χ0n) is 34.8. The first-order valence-corrected chi connectivity index (χ1v) is 21.1. The summed E-state index contributed by atoms with van der Waals surface area (Å²) in [5, 5.41) is 9.07. The molecule has 18 nitrogen and oxygen atoms in total. The van der Waals surface area contributed by atoms with Gasteiger partial charge < -0.3 is 39.2 Å². The van der Waals surface area contributed by atoms with Gasteiger partial charge in [0.25, 0.3) is 23.3 Å². The number of rotatable bonds is 12. The van der Waals surface area contributed by atoms with Crippen molar-refractivity contribution in [1.29, 1.82) is 0 Å². The highest BCUT2D eigenvalue weighted by Gasteiger charge is 2.46. The van der Waals surface area contributed by atoms with E-state index in [1.54, 1.807) is 35.0 Å². The maximum absolute atomic E-state index is 13.6. The summed E-state index contributed by atoms with van der Waals surface area (Å²) in [5.74, 6) is -1.37. The SMILES string of the molecule is CNC(=O)COc1cc2cc(Nc3nc(N4CCC(O[C@H]5C[C@@H](Oc6cccc7c6C(=O)N(C6CCC(=O)NC6=O)C7=O)CN(C)C5)CC4)ncc3Cl)ccc2n(C(C)C)c1=O. The highest BCUT2D eigenvalue weighted by atomic mass is 35.5. The van der Waals surface area contributed by atoms with Crippen LogP contribution in [0.3, 0.4) is 0 Å². The van der Waals surface area contributed by atoms with Gasteiger partial charge in [-0.15, -0.1) is 0 Å². The van der Waals surface area contributed by atoms with E-state index >= 15 is 0 Å². The molecule has 19 heteroatoms. The Kier molecular flexibility index (Phi) is 12.2. The fourth-order valence-electron chi connectivity index (χ4n) is 8.59. The van der Waals surface area contributed by atoms with Crippen LogP contribution in [0.15, 0.2) is 53.5 Å². The first kappa shape index (κ1) is 42.6. The molecule has 0 radical (unpaired) electrons. The minimum Gasteiger partial charge on any atom is -0.488 e. The third kappa shape index (κ3) is 8.67. The fraction of sp³-hybridized carbons (Fsp3) is 0.442. The molecule has 0 spiro atoms. The van der Waals surface area contributed by atoms with Crippen molar-refractivity contribution in [2.45, 2.75) is 76.3 Å². The normalized spacial score (nSPS) is 21.0. The number of anilines is 3. The second-order valence-corrected chi connectivity index (χ2v) is 16.7. The number of likely N-dealkylation sites (N-methyl/N-ethyl adjacent to an activating group) is 2. The third-order valence-electron chi connectivity index (χ3n) is 11.5. The van der Waals surface area contributed by atoms with Gasteiger partial charge in [0, 0.05) is 63.2 Å². The summed E-state index contributed by atoms with van der Waals surface area (Å²) in [7, 11) is 3.48. The van der Waals surface area contributed by atoms with Crippen LogP contribution in [0.4, 0.5) is 17.5 Å². The van der Waals surface area contributed by atoms with Crippen LogP contribution in [0.25, 0.3) is 10.9 Å². The number of amides is 5. The summed E-state index contributed by atoms with van der Waals surface area (Å²) in [6, 6.07) is 10.8. The van der Waals surface area contributed by atoms with Gasteiger partial charge in [0.1, 0.15) is 22.9 Å². The Morgan fingerprint density at radius 2 is 1.74 bits per heavy atom. The van der Waals surface area contributed by atoms with Crippen LogP contribution in [-0.2, 0) is 19.1 Å². The average Bonchev–Trinajstić information content (AvgIpc) is 3.49. The van der Waals surface area contributed by atoms with E-state index in [1.165, 1.54) is 7.05 Å². The molecule has 0 aliphatic carbocycles. The number of nitrogens with one attached hydrogen (secondary N) is 3. The molecule has 3 atom stereocenters. The predicted molar refractivity (Wildman–Crippen MR) is 228 cm³/mol. The van der Waals surface area contributed by atoms with Crippen LogP contribution >= 0.6 is 11.6 Å². The molecule has 6 heterocycles. The molecule has 4 aromatic rings. The summed E-state index contributed by atoms with van der Waals surface area (Å²) < 4.78 is 20.3. The molecule has 3 fully saturated rings. The Balaban J connectivity index is 0.892. The number of halogens is 1. The molecule has 0 bridgehead atoms. The van der Waals surface area contributed by atoms with Crippen LogP contribution < -0.4 is 35.9 Å². The topological polar surface area (TPSA) is 207 Å². The Labute approximate surface area is 361 Å². The van der Waals surface area contributed by atoms with E-state index in [0.717, 1.165) is 23.1 Å². The third-order valence-corrected chi connectivity index (χ3v) is 11.8. The Hall–Kier alpha value is -6.11. The number of pyridine rings is 1. The number of nitrogens with zero attached hydrogens (tertiary/aromatic N) is 6. The highest BCUT2D eigenvalue weighted by Crippen LogP contribution is 2.36. The van der Waals surface area contributed by atoms with Crippen LogP contribution in [-0.4, -0.2) is 125 Å². The molecule has 62 heavy (non-hydrogen) atoms. The van der Waals surface area contributed by atoms with Crippen molar-refractivity contribution in [3.63, 3.8) is 0 Å². The molecule has 2 aromatic heterocycles. The van der Waals surface area contributed by atoms with Gasteiger partial charge in [-0.2, -0.15) is 4.98 Å². The number of hydrogen-bond donors (Lipinski definition) is 3. The molecule has 3 N–H and O–H groups in total. The highest BCUT2D eigenvalue weighted by molar-refractivity contribution is 6.33. The summed E-state index contributed by atoms with van der Waals surface area (Å²) >= 11 is 6.59. The quantitative estimate of drug-likeness (QED) is 0.175. The average molecular weight is 870 g/mol. The van der Waals surface area contributed by atoms with E-state index in [1.807, 2.05) is 39.1 Å². The number of hydrogen-bond acceptors (Lipinski definition) is 14. The smallest absolute Gasteiger partial charge is 0.293 e. The second kappa shape index (κ2) is 17.7. The number of fused-ring (bicyclic) bond motifs is 2. The molecule has 5 amide bonds. The monoisotopic (exact) mass is 869 g/mol. The minimum atomic E-state index is -1.06. The predicted octanol–water partition coefficient (Wildman–Crippen LogP) is 3.43. The zero-order chi connectivity index (χ0) is 43.8. The molecular formula is C43H48ClN9O9. The number of ether oxygens (including phenoxy) is 3. The van der Waals surface area contributed by atoms with E-state index in [0.29, 0.717) is 60.6 Å². The molecular weight excluding hydrogens is 822 g/mol. The van der Waals surface area contributed by atoms with E-state index in [2.05, 4.69) is 30.7 Å². The van der Waals surface area contributed by atoms with Crippen molar-refractivity contribution in [3.05, 3.63) is 75.2 Å². The van der Waals surface area contributed by atoms with Gasteiger partial charge >= 0.3 is 0 Å². The van der Waals surface area contributed by atoms with E-state index in [4.69, 9.17) is 30.8 Å². The number of likely N-dealkylation sites (tertiary alicyclic amines) is 1. The summed E-state index contributed by atoms with van der Waals surface area (Å²) in [4.78, 5) is 90.9. The maximum atomic E-state index is 13.6. The van der Waals surface area contributed by atoms with Gasteiger partial charge in [-0.1, -0.05) is 17.7 Å². The van der Waals surface area contributed by atoms with Crippen molar-refractivity contribution >= 4 is 69.5 Å². The largest absolute Gasteiger partial charge is 0.488 e. The van der Waals surface area contributed by atoms with Crippen molar-refractivity contribution in [2.75, 3.05) is 57.1 Å². The molecule has 4 aliphatic rings. The summed E-state index contributed by atoms with van der Waals surface area (Å²) in [6.45, 7) is 6.09. The van der Waals surface area contributed by atoms with Gasteiger partial charge in [0.2, 0.25) is 17.8 Å². The lowest BCUT2D eigenvalue weighted by Crippen LogP contribution is -2.54. The van der Waals surface area contributed by atoms with Crippen LogP contribution in [0.5, 0.6) is 11.5 Å². The fourth-order valence-corrected chi connectivity index (χ4v) is 8.72. The lowest BCUT2D eigenvalue weighted by Gasteiger charge is -2.39. The number of aromatic nitrogens is 3. The molecule has 326 valence electrons. The standard InChI is InChI=1S/C43H48ClN9O9/c1-23(2)52-31-9-8-25(16-24(31)17-34(41(52)58)60-22-36(55)45-3)47-38-30(44)19-46-43(49-38)51-14-12-26(13-15-51)61-27-18-28(21-50(4)20-27)62-33-7-5-6-29-37(33)42(59)53(40(29)57)32-10-11-35(54)48-39(32)56/h5-9,16-17,19,23,26-28,32H,10-15,18,20-22H2,1-4H3,(H,45,55)(H,46,47,49)(H,48,54,56)/t27-,28+,32?/m0/s1. The van der Waals surface area contributed by atoms with Crippen LogP contribution in [0.1, 0.15) is 72.7 Å². The molecule has 8 rings (SSSR count). The second-order valence-electron chi connectivity index (χ2n) is 16.3. The van der Waals surface area contributed by atoms with Crippen LogP contribution in [0.2, 0.25) is 5.02 Å². The van der Waals surface area contributed by atoms with Crippen molar-refractivity contribution in [3.8, 4) is 11.5 Å². The minimum absolute atomic E-state index is 0.0263. The van der Waals surface area contributed by atoms with Crippen molar-refractivity contribution in [1.82, 2.24) is 35.0 Å². The summed E-state index contributed by atoms with van der Waals surface area (Å²) in [6.07, 6.45) is 3.18. The van der Waals surface area contributed by atoms with Gasteiger partial charge in [0.15, 0.2) is 18.2 Å². The maximum Gasteiger partial charge on any atom is 0.293 e. The molecule has 3 saturated heterocycles. The molecule has 4 aliphatic heterocycles. The zero-order valence-corrected chi connectivity index (χ0v) is 35.6. The molecule has 0 saturated carbocycles. The number of benzene rings is 2. The first-order chi connectivity index (χ1) is 29.8. The lowest BCUT2D eigenvalue weighted by molar-refractivity contribution is -0.136. The summed E-state index contributed by atoms with van der Waals surface area (Å²) in [5.41, 5.74) is 1.35. The molecule has 2 aromatic carbocycles. The Morgan fingerprint density at radius 3 is 2.48 bits per heavy atom. The van der Waals surface area contributed by atoms with Gasteiger partial charge in [-0.25, -0.2) is 4.98 Å². The number of imide groups is 2. The Morgan fingerprint density at radius 1 is 0.968 bits per heavy atom. The first-order valence-electron chi connectivity index (χ1n) is 20.7. The number of carbonyl (C=O) groups excluding carboxylic acids is 5. The van der Waals surface area contributed by atoms with E-state index in [-0.39, 0.29) is 77.9 Å². The number of carbonyl (C=O) groups is 5. The van der Waals surface area contributed by atoms with E-state index < -0.39 is 29.7 Å². The van der Waals surface area contributed by atoms with Crippen molar-refractivity contribution in [2.24, 2.45) is 0 Å². The van der Waals surface area contributed by atoms with Gasteiger partial charge in [0.05, 0.1) is 35.0 Å². The van der Waals surface area contributed by atoms with E-state index in [9.17, 15) is 28.8 Å². The van der Waals surface area contributed by atoms with Gasteiger partial charge in [-0.05, 0) is 76.6 Å². The van der Waals surface area contributed by atoms with Crippen molar-refractivity contribution < 1.29 is 38.2 Å². The Bertz CT molecular complexity index is 2510. The van der Waals surface area contributed by atoms with Crippen LogP contribution in [0, 0.1) is 0 Å². The lowest BCUT2D eigenvalue weighted by atomic mass is 10.0.